The molecule has 4 heteroatoms. The molecular formula is C17H15N3O. The highest BCUT2D eigenvalue weighted by atomic mass is 16.2. The topological polar surface area (TPSA) is 46.4 Å². The van der Waals surface area contributed by atoms with Crippen LogP contribution in [0.3, 0.4) is 0 Å². The molecule has 1 heterocycles. The lowest BCUT2D eigenvalue weighted by atomic mass is 10.2. The maximum atomic E-state index is 12.0. The van der Waals surface area contributed by atoms with E-state index in [1.807, 2.05) is 66.2 Å². The Kier molecular flexibility index (Phi) is 3.51. The summed E-state index contributed by atoms with van der Waals surface area (Å²) in [6, 6.07) is 20.9. The fourth-order valence-electron chi connectivity index (χ4n) is 2.21. The van der Waals surface area contributed by atoms with Gasteiger partial charge in [0, 0.05) is 18.1 Å². The van der Waals surface area contributed by atoms with Gasteiger partial charge in [-0.2, -0.15) is 5.10 Å². The summed E-state index contributed by atoms with van der Waals surface area (Å²) < 4.78 is 1.95. The third-order valence-electron chi connectivity index (χ3n) is 3.36. The van der Waals surface area contributed by atoms with Crippen molar-refractivity contribution < 1.29 is 4.79 Å². The number of hydrogen-bond donors (Lipinski definition) is 1. The van der Waals surface area contributed by atoms with Crippen molar-refractivity contribution in [2.75, 3.05) is 0 Å². The van der Waals surface area contributed by atoms with Crippen LogP contribution in [0.15, 0.2) is 71.8 Å². The first-order valence-electron chi connectivity index (χ1n) is 6.69. The van der Waals surface area contributed by atoms with Crippen molar-refractivity contribution in [1.29, 1.82) is 0 Å². The van der Waals surface area contributed by atoms with Crippen LogP contribution in [0.5, 0.6) is 0 Å². The van der Waals surface area contributed by atoms with Crippen LogP contribution in [-0.4, -0.2) is 10.5 Å². The molecule has 1 aromatic heterocycles. The smallest absolute Gasteiger partial charge is 0.271 e. The minimum Gasteiger partial charge on any atom is -0.328 e. The Labute approximate surface area is 122 Å². The average molecular weight is 277 g/mol. The molecular weight excluding hydrogens is 262 g/mol. The average Bonchev–Trinajstić information content (AvgIpc) is 2.55. The van der Waals surface area contributed by atoms with E-state index in [9.17, 15) is 4.79 Å². The van der Waals surface area contributed by atoms with Gasteiger partial charge in [0.05, 0.1) is 0 Å². The molecule has 3 rings (SSSR count). The van der Waals surface area contributed by atoms with E-state index in [-0.39, 0.29) is 5.91 Å². The van der Waals surface area contributed by atoms with Crippen LogP contribution in [0.4, 0.5) is 0 Å². The van der Waals surface area contributed by atoms with Gasteiger partial charge in [0.15, 0.2) is 5.49 Å². The molecule has 0 atom stereocenters. The van der Waals surface area contributed by atoms with Crippen LogP contribution in [-0.2, 0) is 7.05 Å². The van der Waals surface area contributed by atoms with Gasteiger partial charge in [-0.3, -0.25) is 4.79 Å². The summed E-state index contributed by atoms with van der Waals surface area (Å²) in [7, 11) is 1.93. The van der Waals surface area contributed by atoms with Gasteiger partial charge in [0.1, 0.15) is 0 Å². The maximum absolute atomic E-state index is 12.0. The van der Waals surface area contributed by atoms with Gasteiger partial charge in [-0.25, -0.2) is 5.43 Å². The number of nitrogens with one attached hydrogen (secondary N) is 1. The maximum Gasteiger partial charge on any atom is 0.271 e. The fraction of sp³-hybridized carbons (Fsp3) is 0.0588. The van der Waals surface area contributed by atoms with E-state index in [0.717, 1.165) is 10.9 Å². The highest BCUT2D eigenvalue weighted by molar-refractivity contribution is 5.93. The van der Waals surface area contributed by atoms with Crippen LogP contribution in [0.2, 0.25) is 0 Å². The van der Waals surface area contributed by atoms with Gasteiger partial charge < -0.3 is 4.57 Å². The molecule has 104 valence electrons. The molecule has 0 aliphatic rings. The molecule has 0 unspecified atom stereocenters. The van der Waals surface area contributed by atoms with Crippen molar-refractivity contribution >= 4 is 16.8 Å². The van der Waals surface area contributed by atoms with Crippen LogP contribution < -0.4 is 10.9 Å². The number of fused-ring (bicyclic) bond motifs is 1. The molecule has 0 spiro atoms. The zero-order valence-electron chi connectivity index (χ0n) is 11.7. The number of rotatable bonds is 2. The molecule has 0 radical (unpaired) electrons. The highest BCUT2D eigenvalue weighted by Crippen LogP contribution is 2.09. The first kappa shape index (κ1) is 13.1. The van der Waals surface area contributed by atoms with Gasteiger partial charge in [-0.1, -0.05) is 36.4 Å². The molecule has 0 saturated heterocycles. The Morgan fingerprint density at radius 3 is 2.48 bits per heavy atom. The van der Waals surface area contributed by atoms with E-state index >= 15 is 0 Å². The molecule has 0 saturated carbocycles. The number of amides is 1. The minimum atomic E-state index is -0.219. The van der Waals surface area contributed by atoms with Gasteiger partial charge in [0.2, 0.25) is 0 Å². The van der Waals surface area contributed by atoms with Crippen LogP contribution in [0.1, 0.15) is 10.4 Å². The lowest BCUT2D eigenvalue weighted by molar-refractivity contribution is 0.0952. The molecule has 1 N–H and O–H groups in total. The molecule has 2 aromatic carbocycles. The van der Waals surface area contributed by atoms with Crippen LogP contribution in [0.25, 0.3) is 10.9 Å². The molecule has 0 fully saturated rings. The number of aryl methyl sites for hydroxylation is 1. The minimum absolute atomic E-state index is 0.219. The molecule has 21 heavy (non-hydrogen) atoms. The lowest BCUT2D eigenvalue weighted by Crippen LogP contribution is -2.26. The Hall–Kier alpha value is -2.88. The molecule has 3 aromatic rings. The number of nitrogens with zero attached hydrogens (tertiary/aromatic N) is 2. The largest absolute Gasteiger partial charge is 0.328 e. The predicted octanol–water partition coefficient (Wildman–Crippen LogP) is 2.42. The second-order valence-electron chi connectivity index (χ2n) is 4.73. The third kappa shape index (κ3) is 2.69. The van der Waals surface area contributed by atoms with Gasteiger partial charge >= 0.3 is 0 Å². The molecule has 0 aliphatic carbocycles. The second-order valence-corrected chi connectivity index (χ2v) is 4.73. The van der Waals surface area contributed by atoms with E-state index in [2.05, 4.69) is 10.5 Å². The zero-order valence-corrected chi connectivity index (χ0v) is 11.7. The molecule has 4 nitrogen and oxygen atoms in total. The van der Waals surface area contributed by atoms with Crippen molar-refractivity contribution in [3.05, 3.63) is 77.8 Å². The molecule has 1 amide bonds. The number of carbonyl (C=O) groups excluding carboxylic acids is 1. The summed E-state index contributed by atoms with van der Waals surface area (Å²) in [5, 5.41) is 5.33. The van der Waals surface area contributed by atoms with E-state index in [4.69, 9.17) is 0 Å². The Morgan fingerprint density at radius 2 is 1.67 bits per heavy atom. The van der Waals surface area contributed by atoms with E-state index in [1.54, 1.807) is 12.1 Å². The fourth-order valence-corrected chi connectivity index (χ4v) is 2.21. The highest BCUT2D eigenvalue weighted by Gasteiger charge is 2.02. The standard InChI is InChI=1S/C17H15N3O/c1-20-15-10-6-5-7-13(15)11-12-16(20)18-19-17(21)14-8-3-2-4-9-14/h2-12H,1H3,(H,19,21). The molecule has 0 aliphatic heterocycles. The SMILES string of the molecule is Cn1c(=NNC(=O)c2ccccc2)ccc2ccccc21. The summed E-state index contributed by atoms with van der Waals surface area (Å²) in [5.41, 5.74) is 4.93. The predicted molar refractivity (Wildman–Crippen MR) is 82.4 cm³/mol. The normalized spacial score (nSPS) is 11.6. The first-order chi connectivity index (χ1) is 10.3. The van der Waals surface area contributed by atoms with Crippen LogP contribution in [0, 0.1) is 0 Å². The lowest BCUT2D eigenvalue weighted by Gasteiger charge is -2.06. The van der Waals surface area contributed by atoms with Gasteiger partial charge in [-0.15, -0.1) is 0 Å². The summed E-state index contributed by atoms with van der Waals surface area (Å²) in [6.07, 6.45) is 0. The van der Waals surface area contributed by atoms with Crippen molar-refractivity contribution in [3.8, 4) is 0 Å². The Bertz CT molecular complexity index is 851. The van der Waals surface area contributed by atoms with E-state index in [0.29, 0.717) is 11.1 Å². The number of pyridine rings is 1. The van der Waals surface area contributed by atoms with Crippen molar-refractivity contribution in [1.82, 2.24) is 9.99 Å². The second kappa shape index (κ2) is 5.63. The van der Waals surface area contributed by atoms with Crippen molar-refractivity contribution in [3.63, 3.8) is 0 Å². The monoisotopic (exact) mass is 277 g/mol. The summed E-state index contributed by atoms with van der Waals surface area (Å²) in [6.45, 7) is 0. The third-order valence-corrected chi connectivity index (χ3v) is 3.36. The summed E-state index contributed by atoms with van der Waals surface area (Å²) in [4.78, 5) is 12.0. The zero-order chi connectivity index (χ0) is 14.7. The first-order valence-corrected chi connectivity index (χ1v) is 6.69. The number of aromatic nitrogens is 1. The quantitative estimate of drug-likeness (QED) is 0.718. The number of benzene rings is 2. The van der Waals surface area contributed by atoms with Crippen molar-refractivity contribution in [2.45, 2.75) is 0 Å². The molecule has 0 bridgehead atoms. The Morgan fingerprint density at radius 1 is 0.952 bits per heavy atom. The van der Waals surface area contributed by atoms with Gasteiger partial charge in [-0.05, 0) is 35.7 Å². The van der Waals surface area contributed by atoms with Crippen LogP contribution >= 0.6 is 0 Å². The summed E-state index contributed by atoms with van der Waals surface area (Å²) >= 11 is 0. The number of hydrogen-bond acceptors (Lipinski definition) is 2. The number of carbonyl (C=O) groups is 1. The van der Waals surface area contributed by atoms with E-state index in [1.165, 1.54) is 0 Å². The van der Waals surface area contributed by atoms with E-state index < -0.39 is 0 Å². The number of para-hydroxylation sites is 1. The summed E-state index contributed by atoms with van der Waals surface area (Å²) in [5.74, 6) is -0.219. The van der Waals surface area contributed by atoms with Crippen molar-refractivity contribution in [2.24, 2.45) is 12.1 Å². The van der Waals surface area contributed by atoms with Gasteiger partial charge in [0.25, 0.3) is 5.91 Å². The Balaban J connectivity index is 1.94.